The zero-order valence-corrected chi connectivity index (χ0v) is 12.3. The monoisotopic (exact) mass is 270 g/mol. The van der Waals surface area contributed by atoms with Crippen LogP contribution < -0.4 is 0 Å². The van der Waals surface area contributed by atoms with Crippen molar-refractivity contribution in [2.45, 2.75) is 18.7 Å². The molecule has 94 valence electrons. The molecule has 0 fully saturated rings. The second-order valence-electron chi connectivity index (χ2n) is 5.48. The summed E-state index contributed by atoms with van der Waals surface area (Å²) in [6.07, 6.45) is 3.65. The van der Waals surface area contributed by atoms with Gasteiger partial charge in [-0.3, -0.25) is 0 Å². The summed E-state index contributed by atoms with van der Waals surface area (Å²) in [5.41, 5.74) is 2.28. The molecule has 0 spiro atoms. The average Bonchev–Trinajstić information content (AvgIpc) is 2.22. The number of rotatable bonds is 0. The second kappa shape index (κ2) is 4.75. The summed E-state index contributed by atoms with van der Waals surface area (Å²) in [5.74, 6) is 0. The van der Waals surface area contributed by atoms with E-state index in [4.69, 9.17) is 0 Å². The van der Waals surface area contributed by atoms with E-state index in [1.807, 2.05) is 37.6 Å². The van der Waals surface area contributed by atoms with Crippen LogP contribution in [0.15, 0.2) is 24.3 Å². The van der Waals surface area contributed by atoms with E-state index in [1.165, 1.54) is 0 Å². The summed E-state index contributed by atoms with van der Waals surface area (Å²) in [6.45, 7) is 3.77. The first kappa shape index (κ1) is 13.1. The third kappa shape index (κ3) is 3.57. The minimum Gasteiger partial charge on any atom is -0.323 e. The molecule has 17 heavy (non-hydrogen) atoms. The van der Waals surface area contributed by atoms with E-state index >= 15 is 0 Å². The predicted octanol–water partition coefficient (Wildman–Crippen LogP) is 4.08. The highest BCUT2D eigenvalue weighted by atomic mass is 31.2. The van der Waals surface area contributed by atoms with Crippen molar-refractivity contribution in [2.75, 3.05) is 25.7 Å². The molecule has 1 aromatic carbocycles. The van der Waals surface area contributed by atoms with Crippen molar-refractivity contribution >= 4 is 14.3 Å². The third-order valence-electron chi connectivity index (χ3n) is 3.39. The van der Waals surface area contributed by atoms with Crippen LogP contribution in [-0.4, -0.2) is 25.7 Å². The number of fused-ring (bicyclic) bond motifs is 1. The van der Waals surface area contributed by atoms with Crippen LogP contribution in [0.1, 0.15) is 17.5 Å². The summed E-state index contributed by atoms with van der Waals surface area (Å²) >= 11 is 0. The predicted molar refractivity (Wildman–Crippen MR) is 75.3 cm³/mol. The van der Waals surface area contributed by atoms with Crippen molar-refractivity contribution in [1.82, 2.24) is 0 Å². The Morgan fingerprint density at radius 1 is 0.882 bits per heavy atom. The molecular formula is C13H20O2P2. The van der Waals surface area contributed by atoms with Gasteiger partial charge < -0.3 is 9.13 Å². The van der Waals surface area contributed by atoms with Gasteiger partial charge >= 0.3 is 0 Å². The maximum Gasteiger partial charge on any atom is 0.0890 e. The van der Waals surface area contributed by atoms with Crippen LogP contribution in [0.5, 0.6) is 0 Å². The van der Waals surface area contributed by atoms with E-state index in [0.29, 0.717) is 12.3 Å². The average molecular weight is 270 g/mol. The van der Waals surface area contributed by atoms with Gasteiger partial charge in [-0.25, -0.2) is 0 Å². The molecule has 0 N–H and O–H groups in total. The summed E-state index contributed by atoms with van der Waals surface area (Å²) in [5, 5.41) is 0. The van der Waals surface area contributed by atoms with Gasteiger partial charge in [-0.05, 0) is 30.9 Å². The van der Waals surface area contributed by atoms with Crippen molar-refractivity contribution in [3.05, 3.63) is 35.4 Å². The fourth-order valence-electron chi connectivity index (χ4n) is 2.48. The highest BCUT2D eigenvalue weighted by Crippen LogP contribution is 2.53. The normalized spacial score (nSPS) is 34.2. The molecule has 2 nitrogen and oxygen atoms in total. The molecule has 0 aromatic heterocycles. The Hall–Kier alpha value is -0.320. The lowest BCUT2D eigenvalue weighted by Crippen LogP contribution is -1.95. The van der Waals surface area contributed by atoms with Crippen molar-refractivity contribution in [3.63, 3.8) is 0 Å². The van der Waals surface area contributed by atoms with Gasteiger partial charge in [-0.15, -0.1) is 0 Å². The molecule has 0 bridgehead atoms. The van der Waals surface area contributed by atoms with Crippen molar-refractivity contribution in [3.8, 4) is 0 Å². The summed E-state index contributed by atoms with van der Waals surface area (Å²) in [6, 6.07) is 8.04. The number of hydrogen-bond acceptors (Lipinski definition) is 2. The molecule has 0 aliphatic carbocycles. The first-order chi connectivity index (χ1) is 7.88. The van der Waals surface area contributed by atoms with Crippen LogP contribution in [0.3, 0.4) is 0 Å². The zero-order chi connectivity index (χ0) is 12.5. The third-order valence-corrected chi connectivity index (χ3v) is 7.93. The molecule has 1 aliphatic heterocycles. The van der Waals surface area contributed by atoms with Gasteiger partial charge in [0.15, 0.2) is 0 Å². The molecule has 1 aromatic rings. The Balaban J connectivity index is 2.43. The van der Waals surface area contributed by atoms with Gasteiger partial charge in [0.25, 0.3) is 0 Å². The Morgan fingerprint density at radius 3 is 1.71 bits per heavy atom. The van der Waals surface area contributed by atoms with Crippen LogP contribution in [0.2, 0.25) is 0 Å². The molecular weight excluding hydrogens is 250 g/mol. The van der Waals surface area contributed by atoms with E-state index in [1.54, 1.807) is 0 Å². The van der Waals surface area contributed by atoms with Crippen molar-refractivity contribution in [2.24, 2.45) is 0 Å². The van der Waals surface area contributed by atoms with Crippen LogP contribution in [0.25, 0.3) is 0 Å². The van der Waals surface area contributed by atoms with Gasteiger partial charge in [0.05, 0.1) is 14.3 Å². The zero-order valence-electron chi connectivity index (χ0n) is 10.6. The Kier molecular flexibility index (Phi) is 3.66. The topological polar surface area (TPSA) is 34.1 Å². The highest BCUT2D eigenvalue weighted by molar-refractivity contribution is 7.63. The van der Waals surface area contributed by atoms with Crippen LogP contribution >= 0.6 is 14.3 Å². The minimum absolute atomic E-state index is 0.670. The summed E-state index contributed by atoms with van der Waals surface area (Å²) < 4.78 is 24.9. The maximum absolute atomic E-state index is 12.4. The Bertz CT molecular complexity index is 463. The SMILES string of the molecule is CP1(=O)CCCP(C)(=O)Cc2ccccc2C1. The lowest BCUT2D eigenvalue weighted by Gasteiger charge is -2.13. The van der Waals surface area contributed by atoms with Crippen molar-refractivity contribution < 1.29 is 9.13 Å². The molecule has 0 amide bonds. The smallest absolute Gasteiger partial charge is 0.0890 e. The van der Waals surface area contributed by atoms with E-state index in [-0.39, 0.29) is 0 Å². The maximum atomic E-state index is 12.4. The van der Waals surface area contributed by atoms with Crippen LogP contribution in [0.4, 0.5) is 0 Å². The largest absolute Gasteiger partial charge is 0.323 e. The lowest BCUT2D eigenvalue weighted by molar-refractivity contribution is 0.574. The van der Waals surface area contributed by atoms with E-state index in [9.17, 15) is 9.13 Å². The molecule has 1 aliphatic rings. The van der Waals surface area contributed by atoms with Gasteiger partial charge in [0.2, 0.25) is 0 Å². The standard InChI is InChI=1S/C13H20O2P2/c1-16(14)8-5-9-17(2,15)11-13-7-4-3-6-12(13)10-16/h3-4,6-7H,5,8-11H2,1-2H3. The quantitative estimate of drug-likeness (QED) is 0.666. The Morgan fingerprint density at radius 2 is 1.29 bits per heavy atom. The lowest BCUT2D eigenvalue weighted by atomic mass is 10.1. The van der Waals surface area contributed by atoms with Gasteiger partial charge in [0, 0.05) is 24.6 Å². The van der Waals surface area contributed by atoms with Gasteiger partial charge in [0.1, 0.15) is 0 Å². The number of hydrogen-bond donors (Lipinski definition) is 0. The molecule has 1 heterocycles. The number of benzene rings is 1. The fraction of sp³-hybridized carbons (Fsp3) is 0.538. The minimum atomic E-state index is -2.10. The van der Waals surface area contributed by atoms with Gasteiger partial charge in [-0.2, -0.15) is 0 Å². The molecule has 0 saturated carbocycles. The highest BCUT2D eigenvalue weighted by Gasteiger charge is 2.25. The molecule has 2 atom stereocenters. The van der Waals surface area contributed by atoms with E-state index in [2.05, 4.69) is 0 Å². The van der Waals surface area contributed by atoms with Gasteiger partial charge in [-0.1, -0.05) is 24.3 Å². The molecule has 2 rings (SSSR count). The first-order valence-electron chi connectivity index (χ1n) is 6.06. The molecule has 2 unspecified atom stereocenters. The van der Waals surface area contributed by atoms with Crippen LogP contribution in [-0.2, 0) is 21.5 Å². The molecule has 4 heteroatoms. The second-order valence-corrected chi connectivity index (χ2v) is 12.2. The molecule has 0 radical (unpaired) electrons. The molecule has 0 saturated heterocycles. The van der Waals surface area contributed by atoms with E-state index in [0.717, 1.165) is 29.9 Å². The van der Waals surface area contributed by atoms with Crippen molar-refractivity contribution in [1.29, 1.82) is 0 Å². The fourth-order valence-corrected chi connectivity index (χ4v) is 6.76. The van der Waals surface area contributed by atoms with E-state index < -0.39 is 14.3 Å². The Labute approximate surface area is 104 Å². The first-order valence-corrected chi connectivity index (χ1v) is 11.1. The summed E-state index contributed by atoms with van der Waals surface area (Å²) in [4.78, 5) is 0. The summed E-state index contributed by atoms with van der Waals surface area (Å²) in [7, 11) is -4.19. The van der Waals surface area contributed by atoms with Crippen LogP contribution in [0, 0.1) is 0 Å².